The van der Waals surface area contributed by atoms with E-state index in [0.29, 0.717) is 11.0 Å². The van der Waals surface area contributed by atoms with Crippen LogP contribution in [0.2, 0.25) is 0 Å². The molecule has 3 heterocycles. The van der Waals surface area contributed by atoms with Crippen molar-refractivity contribution in [2.75, 3.05) is 20.1 Å². The summed E-state index contributed by atoms with van der Waals surface area (Å²) in [4.78, 5) is 25.5. The lowest BCUT2D eigenvalue weighted by atomic mass is 9.77. The van der Waals surface area contributed by atoms with Crippen LogP contribution in [0.5, 0.6) is 0 Å². The molecule has 0 saturated carbocycles. The largest absolute Gasteiger partial charge is 0.306 e. The van der Waals surface area contributed by atoms with Crippen molar-refractivity contribution in [1.29, 1.82) is 0 Å². The molecule has 0 unspecified atom stereocenters. The van der Waals surface area contributed by atoms with Gasteiger partial charge in [-0.25, -0.2) is 9.97 Å². The number of pyridine rings is 1. The third-order valence-electron chi connectivity index (χ3n) is 5.47. The van der Waals surface area contributed by atoms with Gasteiger partial charge in [0.1, 0.15) is 6.33 Å². The normalized spacial score (nSPS) is 15.8. The van der Waals surface area contributed by atoms with Gasteiger partial charge in [-0.05, 0) is 63.0 Å². The van der Waals surface area contributed by atoms with E-state index in [0.717, 1.165) is 24.0 Å². The Labute approximate surface area is 172 Å². The zero-order chi connectivity index (χ0) is 20.5. The molecular formula is C24H28N4O. The summed E-state index contributed by atoms with van der Waals surface area (Å²) in [5, 5.41) is 0. The van der Waals surface area contributed by atoms with Crippen molar-refractivity contribution < 1.29 is 4.79 Å². The van der Waals surface area contributed by atoms with Gasteiger partial charge in [-0.15, -0.1) is 0 Å². The van der Waals surface area contributed by atoms with Gasteiger partial charge in [-0.2, -0.15) is 0 Å². The SMILES string of the molecule is CN1CCC(C)(Cc2ccccn2)CC1.O=Cc1ccccc1-c1ccncn1. The Bertz CT molecular complexity index is 891. The van der Waals surface area contributed by atoms with Gasteiger partial charge >= 0.3 is 0 Å². The van der Waals surface area contributed by atoms with Crippen molar-refractivity contribution in [2.24, 2.45) is 5.41 Å². The Balaban J connectivity index is 0.000000166. The van der Waals surface area contributed by atoms with E-state index in [2.05, 4.69) is 46.0 Å². The molecule has 150 valence electrons. The predicted octanol–water partition coefficient (Wildman–Crippen LogP) is 4.31. The van der Waals surface area contributed by atoms with Crippen LogP contribution in [0.4, 0.5) is 0 Å². The van der Waals surface area contributed by atoms with Crippen molar-refractivity contribution in [3.63, 3.8) is 0 Å². The fraction of sp³-hybridized carbons (Fsp3) is 0.333. The van der Waals surface area contributed by atoms with Crippen molar-refractivity contribution in [1.82, 2.24) is 19.9 Å². The number of nitrogens with zero attached hydrogens (tertiary/aromatic N) is 4. The number of hydrogen-bond acceptors (Lipinski definition) is 5. The number of aromatic nitrogens is 3. The van der Waals surface area contributed by atoms with Crippen LogP contribution in [-0.2, 0) is 6.42 Å². The van der Waals surface area contributed by atoms with Crippen molar-refractivity contribution >= 4 is 6.29 Å². The van der Waals surface area contributed by atoms with Gasteiger partial charge in [0.2, 0.25) is 0 Å². The van der Waals surface area contributed by atoms with E-state index in [1.54, 1.807) is 18.3 Å². The molecule has 1 aliphatic rings. The van der Waals surface area contributed by atoms with Gasteiger partial charge in [-0.3, -0.25) is 9.78 Å². The average molecular weight is 389 g/mol. The molecule has 0 bridgehead atoms. The van der Waals surface area contributed by atoms with Crippen LogP contribution in [0.15, 0.2) is 67.3 Å². The van der Waals surface area contributed by atoms with Gasteiger partial charge in [-0.1, -0.05) is 37.3 Å². The Kier molecular flexibility index (Phi) is 7.19. The summed E-state index contributed by atoms with van der Waals surface area (Å²) >= 11 is 0. The monoisotopic (exact) mass is 388 g/mol. The average Bonchev–Trinajstić information content (AvgIpc) is 2.78. The van der Waals surface area contributed by atoms with Crippen LogP contribution in [-0.4, -0.2) is 46.3 Å². The molecule has 4 rings (SSSR count). The van der Waals surface area contributed by atoms with Gasteiger partial charge in [0.05, 0.1) is 5.69 Å². The predicted molar refractivity (Wildman–Crippen MR) is 116 cm³/mol. The maximum atomic E-state index is 10.8. The van der Waals surface area contributed by atoms with E-state index in [1.807, 2.05) is 30.5 Å². The molecule has 29 heavy (non-hydrogen) atoms. The van der Waals surface area contributed by atoms with Crippen LogP contribution < -0.4 is 0 Å². The summed E-state index contributed by atoms with van der Waals surface area (Å²) in [7, 11) is 2.21. The molecule has 1 aromatic carbocycles. The summed E-state index contributed by atoms with van der Waals surface area (Å²) in [6.07, 6.45) is 9.56. The Morgan fingerprint density at radius 1 is 1.00 bits per heavy atom. The molecule has 0 aliphatic carbocycles. The van der Waals surface area contributed by atoms with Crippen molar-refractivity contribution in [3.05, 3.63) is 78.5 Å². The number of rotatable bonds is 4. The summed E-state index contributed by atoms with van der Waals surface area (Å²) in [5.41, 5.74) is 3.95. The molecule has 5 nitrogen and oxygen atoms in total. The Morgan fingerprint density at radius 3 is 2.41 bits per heavy atom. The quantitative estimate of drug-likeness (QED) is 0.623. The Hall–Kier alpha value is -2.92. The first-order chi connectivity index (χ1) is 14.1. The number of aldehydes is 1. The molecule has 0 atom stereocenters. The van der Waals surface area contributed by atoms with Crippen LogP contribution >= 0.6 is 0 Å². The molecule has 0 radical (unpaired) electrons. The fourth-order valence-electron chi connectivity index (χ4n) is 3.56. The highest BCUT2D eigenvalue weighted by Crippen LogP contribution is 2.33. The molecule has 5 heteroatoms. The zero-order valence-corrected chi connectivity index (χ0v) is 17.2. The lowest BCUT2D eigenvalue weighted by molar-refractivity contribution is 0.112. The second kappa shape index (κ2) is 10.0. The van der Waals surface area contributed by atoms with E-state index in [4.69, 9.17) is 0 Å². The second-order valence-electron chi connectivity index (χ2n) is 7.91. The zero-order valence-electron chi connectivity index (χ0n) is 17.2. The van der Waals surface area contributed by atoms with E-state index < -0.39 is 0 Å². The van der Waals surface area contributed by atoms with Crippen LogP contribution in [0.1, 0.15) is 35.8 Å². The van der Waals surface area contributed by atoms with Gasteiger partial charge < -0.3 is 4.90 Å². The molecule has 0 amide bonds. The first kappa shape index (κ1) is 20.8. The molecule has 1 aliphatic heterocycles. The summed E-state index contributed by atoms with van der Waals surface area (Å²) in [6.45, 7) is 4.85. The number of hydrogen-bond donors (Lipinski definition) is 0. The fourth-order valence-corrected chi connectivity index (χ4v) is 3.56. The summed E-state index contributed by atoms with van der Waals surface area (Å²) in [5.74, 6) is 0. The van der Waals surface area contributed by atoms with Gasteiger partial charge in [0.25, 0.3) is 0 Å². The van der Waals surface area contributed by atoms with Crippen LogP contribution in [0.3, 0.4) is 0 Å². The first-order valence-corrected chi connectivity index (χ1v) is 9.99. The molecular weight excluding hydrogens is 360 g/mol. The lowest BCUT2D eigenvalue weighted by Gasteiger charge is -2.37. The van der Waals surface area contributed by atoms with E-state index >= 15 is 0 Å². The highest BCUT2D eigenvalue weighted by molar-refractivity contribution is 5.86. The number of piperidine rings is 1. The van der Waals surface area contributed by atoms with E-state index in [9.17, 15) is 4.79 Å². The second-order valence-corrected chi connectivity index (χ2v) is 7.91. The number of benzene rings is 1. The number of likely N-dealkylation sites (tertiary alicyclic amines) is 1. The minimum absolute atomic E-state index is 0.459. The molecule has 0 N–H and O–H groups in total. The smallest absolute Gasteiger partial charge is 0.150 e. The minimum Gasteiger partial charge on any atom is -0.306 e. The summed E-state index contributed by atoms with van der Waals surface area (Å²) in [6, 6.07) is 15.3. The summed E-state index contributed by atoms with van der Waals surface area (Å²) < 4.78 is 0. The third kappa shape index (κ3) is 6.03. The van der Waals surface area contributed by atoms with E-state index in [-0.39, 0.29) is 0 Å². The molecule has 2 aromatic heterocycles. The third-order valence-corrected chi connectivity index (χ3v) is 5.47. The van der Waals surface area contributed by atoms with Gasteiger partial charge in [0, 0.05) is 29.2 Å². The molecule has 3 aromatic rings. The number of carbonyl (C=O) groups excluding carboxylic acids is 1. The van der Waals surface area contributed by atoms with Crippen molar-refractivity contribution in [2.45, 2.75) is 26.2 Å². The minimum atomic E-state index is 0.459. The number of carbonyl (C=O) groups is 1. The van der Waals surface area contributed by atoms with Gasteiger partial charge in [0.15, 0.2) is 6.29 Å². The standard InChI is InChI=1S/C13H20N2.C11H8N2O/c1-13(6-9-15(2)10-7-13)11-12-5-3-4-8-14-12;14-7-9-3-1-2-4-10(9)11-5-6-12-8-13-11/h3-5,8H,6-7,9-11H2,1-2H3;1-8H. The topological polar surface area (TPSA) is 59.0 Å². The highest BCUT2D eigenvalue weighted by atomic mass is 16.1. The molecule has 1 saturated heterocycles. The highest BCUT2D eigenvalue weighted by Gasteiger charge is 2.29. The maximum Gasteiger partial charge on any atom is 0.150 e. The Morgan fingerprint density at radius 2 is 1.76 bits per heavy atom. The lowest BCUT2D eigenvalue weighted by Crippen LogP contribution is -2.37. The van der Waals surface area contributed by atoms with Crippen LogP contribution in [0.25, 0.3) is 11.3 Å². The molecule has 0 spiro atoms. The van der Waals surface area contributed by atoms with Crippen LogP contribution in [0, 0.1) is 5.41 Å². The first-order valence-electron chi connectivity index (χ1n) is 9.99. The molecule has 1 fully saturated rings. The van der Waals surface area contributed by atoms with Crippen molar-refractivity contribution in [3.8, 4) is 11.3 Å². The van der Waals surface area contributed by atoms with E-state index in [1.165, 1.54) is 38.0 Å². The maximum absolute atomic E-state index is 10.8.